The van der Waals surface area contributed by atoms with Crippen molar-refractivity contribution in [1.29, 1.82) is 0 Å². The quantitative estimate of drug-likeness (QED) is 0.559. The molecule has 0 atom stereocenters. The van der Waals surface area contributed by atoms with Crippen LogP contribution in [0.1, 0.15) is 0 Å². The summed E-state index contributed by atoms with van der Waals surface area (Å²) in [6.45, 7) is 0. The molecule has 0 unspecified atom stereocenters. The third-order valence-electron chi connectivity index (χ3n) is 4.76. The zero-order chi connectivity index (χ0) is 18.3. The van der Waals surface area contributed by atoms with Crippen LogP contribution >= 0.6 is 0 Å². The normalized spacial score (nSPS) is 11.0. The van der Waals surface area contributed by atoms with Gasteiger partial charge in [-0.2, -0.15) is 0 Å². The van der Waals surface area contributed by atoms with Crippen molar-refractivity contribution >= 4 is 10.9 Å². The molecular weight excluding hydrogens is 324 g/mol. The molecule has 1 heterocycles. The first kappa shape index (κ1) is 16.1. The van der Waals surface area contributed by atoms with Crippen LogP contribution in [0.4, 0.5) is 0 Å². The summed E-state index contributed by atoms with van der Waals surface area (Å²) in [5.41, 5.74) is 3.83. The lowest BCUT2D eigenvalue weighted by molar-refractivity contribution is 0.714. The van der Waals surface area contributed by atoms with Crippen LogP contribution in [0, 0.1) is 0 Å². The van der Waals surface area contributed by atoms with E-state index in [-0.39, 0.29) is 11.2 Å². The molecule has 0 saturated heterocycles. The Morgan fingerprint density at radius 2 is 1.23 bits per heavy atom. The van der Waals surface area contributed by atoms with Crippen LogP contribution in [-0.2, 0) is 14.1 Å². The maximum Gasteiger partial charge on any atom is 0.330 e. The number of aryl methyl sites for hydroxylation is 1. The summed E-state index contributed by atoms with van der Waals surface area (Å²) in [4.78, 5) is 25.3. The topological polar surface area (TPSA) is 44.0 Å². The van der Waals surface area contributed by atoms with Crippen molar-refractivity contribution in [3.05, 3.63) is 93.6 Å². The van der Waals surface area contributed by atoms with Crippen LogP contribution < -0.4 is 11.2 Å². The van der Waals surface area contributed by atoms with Crippen LogP contribution in [0.25, 0.3) is 33.2 Å². The van der Waals surface area contributed by atoms with Gasteiger partial charge in [0.15, 0.2) is 0 Å². The number of aromatic nitrogens is 2. The van der Waals surface area contributed by atoms with Gasteiger partial charge in [0, 0.05) is 14.1 Å². The first-order valence-corrected chi connectivity index (χ1v) is 8.42. The maximum atomic E-state index is 12.9. The Morgan fingerprint density at radius 1 is 0.654 bits per heavy atom. The lowest BCUT2D eigenvalue weighted by Crippen LogP contribution is -2.37. The highest BCUT2D eigenvalue weighted by Crippen LogP contribution is 2.31. The minimum absolute atomic E-state index is 0.276. The van der Waals surface area contributed by atoms with E-state index in [2.05, 4.69) is 0 Å². The first-order chi connectivity index (χ1) is 12.6. The molecule has 4 aromatic rings. The molecule has 0 saturated carbocycles. The van der Waals surface area contributed by atoms with Gasteiger partial charge in [0.2, 0.25) is 0 Å². The molecule has 4 rings (SSSR count). The fourth-order valence-electron chi connectivity index (χ4n) is 3.34. The summed E-state index contributed by atoms with van der Waals surface area (Å²) in [6.07, 6.45) is 0. The highest BCUT2D eigenvalue weighted by molar-refractivity contribution is 5.97. The van der Waals surface area contributed by atoms with Crippen molar-refractivity contribution in [2.24, 2.45) is 14.1 Å². The van der Waals surface area contributed by atoms with Crippen LogP contribution in [0.2, 0.25) is 0 Å². The van der Waals surface area contributed by atoms with Gasteiger partial charge in [-0.25, -0.2) is 4.79 Å². The predicted octanol–water partition coefficient (Wildman–Crippen LogP) is 3.57. The van der Waals surface area contributed by atoms with E-state index in [9.17, 15) is 9.59 Å². The van der Waals surface area contributed by atoms with E-state index in [0.717, 1.165) is 26.8 Å². The van der Waals surface area contributed by atoms with Crippen LogP contribution in [0.3, 0.4) is 0 Å². The van der Waals surface area contributed by atoms with Crippen molar-refractivity contribution in [1.82, 2.24) is 9.13 Å². The standard InChI is InChI=1S/C22H18N2O2/c1-23-19-14-17(15-9-5-3-6-10-15)13-18(16-11-7-4-8-12-16)20(19)21(25)24(2)22(23)26/h3-14H,1-2H3. The van der Waals surface area contributed by atoms with Gasteiger partial charge in [-0.05, 0) is 34.4 Å². The van der Waals surface area contributed by atoms with E-state index in [1.807, 2.05) is 72.8 Å². The minimum Gasteiger partial charge on any atom is -0.296 e. The van der Waals surface area contributed by atoms with E-state index in [1.165, 1.54) is 11.6 Å². The summed E-state index contributed by atoms with van der Waals surface area (Å²) in [5, 5.41) is 0.556. The highest BCUT2D eigenvalue weighted by Gasteiger charge is 2.15. The van der Waals surface area contributed by atoms with Crippen molar-refractivity contribution in [3.63, 3.8) is 0 Å². The van der Waals surface area contributed by atoms with Crippen molar-refractivity contribution in [2.45, 2.75) is 0 Å². The largest absolute Gasteiger partial charge is 0.330 e. The van der Waals surface area contributed by atoms with Gasteiger partial charge >= 0.3 is 5.69 Å². The lowest BCUT2D eigenvalue weighted by Gasteiger charge is -2.14. The minimum atomic E-state index is -0.327. The number of hydrogen-bond donors (Lipinski definition) is 0. The number of rotatable bonds is 2. The Labute approximate surface area is 150 Å². The molecule has 0 bridgehead atoms. The third kappa shape index (κ3) is 2.47. The van der Waals surface area contributed by atoms with Crippen LogP contribution in [-0.4, -0.2) is 9.13 Å². The summed E-state index contributed by atoms with van der Waals surface area (Å²) < 4.78 is 2.70. The summed E-state index contributed by atoms with van der Waals surface area (Å²) >= 11 is 0. The highest BCUT2D eigenvalue weighted by atomic mass is 16.2. The fourth-order valence-corrected chi connectivity index (χ4v) is 3.34. The molecule has 0 aliphatic heterocycles. The molecule has 128 valence electrons. The average Bonchev–Trinajstić information content (AvgIpc) is 2.71. The maximum absolute atomic E-state index is 12.9. The molecule has 4 heteroatoms. The zero-order valence-electron chi connectivity index (χ0n) is 14.6. The van der Waals surface area contributed by atoms with Gasteiger partial charge in [-0.1, -0.05) is 60.7 Å². The average molecular weight is 342 g/mol. The Hall–Kier alpha value is -3.40. The molecule has 0 radical (unpaired) electrons. The van der Waals surface area contributed by atoms with Crippen LogP contribution in [0.15, 0.2) is 82.4 Å². The molecular formula is C22H18N2O2. The molecule has 0 N–H and O–H groups in total. The van der Waals surface area contributed by atoms with Gasteiger partial charge in [-0.15, -0.1) is 0 Å². The SMILES string of the molecule is Cn1c(=O)c2c(-c3ccccc3)cc(-c3ccccc3)cc2n(C)c1=O. The van der Waals surface area contributed by atoms with Gasteiger partial charge in [0.05, 0.1) is 10.9 Å². The lowest BCUT2D eigenvalue weighted by atomic mass is 9.95. The molecule has 0 aliphatic rings. The molecule has 1 aromatic heterocycles. The van der Waals surface area contributed by atoms with E-state index in [1.54, 1.807) is 7.05 Å². The van der Waals surface area contributed by atoms with E-state index >= 15 is 0 Å². The van der Waals surface area contributed by atoms with Crippen molar-refractivity contribution in [3.8, 4) is 22.3 Å². The molecule has 0 aliphatic carbocycles. The van der Waals surface area contributed by atoms with E-state index in [0.29, 0.717) is 10.9 Å². The summed E-state index contributed by atoms with van der Waals surface area (Å²) in [6, 6.07) is 23.7. The first-order valence-electron chi connectivity index (χ1n) is 8.42. The zero-order valence-corrected chi connectivity index (χ0v) is 14.6. The molecule has 0 spiro atoms. The monoisotopic (exact) mass is 342 g/mol. The Morgan fingerprint density at radius 3 is 1.85 bits per heavy atom. The van der Waals surface area contributed by atoms with Gasteiger partial charge in [-0.3, -0.25) is 13.9 Å². The smallest absolute Gasteiger partial charge is 0.296 e. The van der Waals surface area contributed by atoms with E-state index in [4.69, 9.17) is 0 Å². The second-order valence-electron chi connectivity index (χ2n) is 6.36. The summed E-state index contributed by atoms with van der Waals surface area (Å²) in [5.74, 6) is 0. The summed E-state index contributed by atoms with van der Waals surface area (Å²) in [7, 11) is 3.22. The molecule has 0 amide bonds. The Kier molecular flexibility index (Phi) is 3.81. The van der Waals surface area contributed by atoms with Gasteiger partial charge in [0.25, 0.3) is 5.56 Å². The molecule has 0 fully saturated rings. The van der Waals surface area contributed by atoms with Crippen LogP contribution in [0.5, 0.6) is 0 Å². The second-order valence-corrected chi connectivity index (χ2v) is 6.36. The Balaban J connectivity index is 2.20. The number of hydrogen-bond acceptors (Lipinski definition) is 2. The second kappa shape index (κ2) is 6.15. The van der Waals surface area contributed by atoms with E-state index < -0.39 is 0 Å². The third-order valence-corrected chi connectivity index (χ3v) is 4.76. The number of benzene rings is 3. The molecule has 4 nitrogen and oxygen atoms in total. The molecule has 3 aromatic carbocycles. The predicted molar refractivity (Wildman–Crippen MR) is 105 cm³/mol. The molecule has 26 heavy (non-hydrogen) atoms. The van der Waals surface area contributed by atoms with Crippen molar-refractivity contribution in [2.75, 3.05) is 0 Å². The fraction of sp³-hybridized carbons (Fsp3) is 0.0909. The van der Waals surface area contributed by atoms with Crippen molar-refractivity contribution < 1.29 is 0 Å². The van der Waals surface area contributed by atoms with Gasteiger partial charge in [0.1, 0.15) is 0 Å². The van der Waals surface area contributed by atoms with Gasteiger partial charge < -0.3 is 0 Å². The number of fused-ring (bicyclic) bond motifs is 1. The number of nitrogens with zero attached hydrogens (tertiary/aromatic N) is 2. The Bertz CT molecular complexity index is 1220.